The van der Waals surface area contributed by atoms with Crippen LogP contribution in [-0.2, 0) is 18.6 Å². The van der Waals surface area contributed by atoms with Gasteiger partial charge in [0.25, 0.3) is 5.91 Å². The summed E-state index contributed by atoms with van der Waals surface area (Å²) in [5.74, 6) is 1.53. The lowest BCUT2D eigenvalue weighted by Crippen LogP contribution is -2.18. The Morgan fingerprint density at radius 2 is 1.64 bits per heavy atom. The van der Waals surface area contributed by atoms with Gasteiger partial charge in [-0.2, -0.15) is 5.10 Å². The first-order chi connectivity index (χ1) is 18.8. The second-order valence-corrected chi connectivity index (χ2v) is 10.4. The number of amides is 1. The van der Waals surface area contributed by atoms with E-state index in [9.17, 15) is 4.79 Å². The first kappa shape index (κ1) is 26.3. The summed E-state index contributed by atoms with van der Waals surface area (Å²) in [5.41, 5.74) is 4.18. The molecule has 3 aromatic carbocycles. The molecule has 0 radical (unpaired) electrons. The fourth-order valence-electron chi connectivity index (χ4n) is 4.42. The lowest BCUT2D eigenvalue weighted by Gasteiger charge is -2.26. The fourth-order valence-corrected chi connectivity index (χ4v) is 4.61. The second-order valence-electron chi connectivity index (χ2n) is 9.94. The summed E-state index contributed by atoms with van der Waals surface area (Å²) in [7, 11) is 0. The van der Waals surface area contributed by atoms with Crippen LogP contribution in [-0.4, -0.2) is 15.7 Å². The maximum absolute atomic E-state index is 12.8. The Balaban J connectivity index is 1.17. The van der Waals surface area contributed by atoms with Crippen LogP contribution in [0.3, 0.4) is 0 Å². The molecule has 1 N–H and O–H groups in total. The maximum Gasteiger partial charge on any atom is 0.292 e. The van der Waals surface area contributed by atoms with Crippen LogP contribution in [0, 0.1) is 6.92 Å². The van der Waals surface area contributed by atoms with Crippen molar-refractivity contribution in [2.45, 2.75) is 39.3 Å². The molecule has 0 bridgehead atoms. The molecule has 6 nitrogen and oxygen atoms in total. The Labute approximate surface area is 233 Å². The first-order valence-electron chi connectivity index (χ1n) is 12.8. The van der Waals surface area contributed by atoms with Crippen molar-refractivity contribution in [1.82, 2.24) is 9.78 Å². The molecular weight excluding hydrogens is 510 g/mol. The van der Waals surface area contributed by atoms with Gasteiger partial charge in [0.2, 0.25) is 0 Å². The van der Waals surface area contributed by atoms with E-state index in [1.165, 1.54) is 11.1 Å². The molecule has 39 heavy (non-hydrogen) atoms. The Morgan fingerprint density at radius 3 is 2.38 bits per heavy atom. The number of ether oxygens (including phenoxy) is 1. The molecule has 5 rings (SSSR count). The van der Waals surface area contributed by atoms with Crippen molar-refractivity contribution in [1.29, 1.82) is 0 Å². The Hall–Kier alpha value is -4.29. The standard InChI is InChI=1S/C32H30ClN3O3/c1-22-19-30(35-36(22)20-23-9-7-8-12-28(23)33)34-31(37)29-18-17-27(39-29)21-38-26-15-13-25(14-16-26)32(2,3)24-10-5-4-6-11-24/h4-19H,20-21H2,1-3H3,(H,34,35,37). The zero-order valence-electron chi connectivity index (χ0n) is 22.1. The molecule has 0 aliphatic heterocycles. The van der Waals surface area contributed by atoms with Crippen molar-refractivity contribution in [3.63, 3.8) is 0 Å². The van der Waals surface area contributed by atoms with E-state index in [1.807, 2.05) is 55.5 Å². The number of halogens is 1. The molecular formula is C32H30ClN3O3. The second kappa shape index (κ2) is 11.2. The minimum atomic E-state index is -0.379. The highest BCUT2D eigenvalue weighted by molar-refractivity contribution is 6.31. The van der Waals surface area contributed by atoms with Gasteiger partial charge in [0.05, 0.1) is 6.54 Å². The number of rotatable bonds is 9. The number of hydrogen-bond donors (Lipinski definition) is 1. The highest BCUT2D eigenvalue weighted by Gasteiger charge is 2.22. The Kier molecular flexibility index (Phi) is 7.57. The summed E-state index contributed by atoms with van der Waals surface area (Å²) in [6.45, 7) is 7.06. The molecule has 0 unspecified atom stereocenters. The van der Waals surface area contributed by atoms with Gasteiger partial charge in [-0.3, -0.25) is 9.48 Å². The molecule has 1 amide bonds. The number of aryl methyl sites for hydroxylation is 1. The van der Waals surface area contributed by atoms with E-state index in [1.54, 1.807) is 16.8 Å². The third kappa shape index (κ3) is 6.07. The lowest BCUT2D eigenvalue weighted by molar-refractivity contribution is 0.0992. The minimum absolute atomic E-state index is 0.119. The molecule has 0 atom stereocenters. The van der Waals surface area contributed by atoms with Crippen molar-refractivity contribution in [2.24, 2.45) is 0 Å². The molecule has 0 spiro atoms. The van der Waals surface area contributed by atoms with Gasteiger partial charge in [-0.15, -0.1) is 0 Å². The zero-order valence-corrected chi connectivity index (χ0v) is 22.9. The van der Waals surface area contributed by atoms with Gasteiger partial charge >= 0.3 is 0 Å². The quantitative estimate of drug-likeness (QED) is 0.209. The van der Waals surface area contributed by atoms with Gasteiger partial charge in [-0.05, 0) is 53.9 Å². The Bertz CT molecular complexity index is 1570. The molecule has 2 aromatic heterocycles. The number of benzene rings is 3. The number of furan rings is 1. The van der Waals surface area contributed by atoms with E-state index in [0.717, 1.165) is 17.0 Å². The average Bonchev–Trinajstić information content (AvgIpc) is 3.56. The van der Waals surface area contributed by atoms with E-state index in [0.29, 0.717) is 23.1 Å². The van der Waals surface area contributed by atoms with Crippen LogP contribution in [0.2, 0.25) is 5.02 Å². The smallest absolute Gasteiger partial charge is 0.292 e. The minimum Gasteiger partial charge on any atom is -0.486 e. The molecule has 0 saturated carbocycles. The number of nitrogens with zero attached hydrogens (tertiary/aromatic N) is 2. The molecule has 198 valence electrons. The summed E-state index contributed by atoms with van der Waals surface area (Å²) < 4.78 is 13.4. The normalized spacial score (nSPS) is 11.4. The van der Waals surface area contributed by atoms with Crippen LogP contribution < -0.4 is 10.1 Å². The molecule has 0 aliphatic carbocycles. The molecule has 5 aromatic rings. The number of aromatic nitrogens is 2. The van der Waals surface area contributed by atoms with Gasteiger partial charge in [0, 0.05) is 22.2 Å². The van der Waals surface area contributed by atoms with E-state index < -0.39 is 0 Å². The van der Waals surface area contributed by atoms with Crippen LogP contribution in [0.5, 0.6) is 5.75 Å². The van der Waals surface area contributed by atoms with E-state index >= 15 is 0 Å². The van der Waals surface area contributed by atoms with Crippen LogP contribution in [0.15, 0.2) is 101 Å². The highest BCUT2D eigenvalue weighted by Crippen LogP contribution is 2.32. The number of hydrogen-bond acceptors (Lipinski definition) is 4. The fraction of sp³-hybridized carbons (Fsp3) is 0.188. The Morgan fingerprint density at radius 1 is 0.949 bits per heavy atom. The number of nitrogens with one attached hydrogen (secondary N) is 1. The SMILES string of the molecule is Cc1cc(NC(=O)c2ccc(COc3ccc(C(C)(C)c4ccccc4)cc3)o2)nn1Cc1ccccc1Cl. The van der Waals surface area contributed by atoms with E-state index in [-0.39, 0.29) is 23.7 Å². The van der Waals surface area contributed by atoms with Gasteiger partial charge in [0.15, 0.2) is 11.6 Å². The summed E-state index contributed by atoms with van der Waals surface area (Å²) in [4.78, 5) is 12.8. The van der Waals surface area contributed by atoms with Gasteiger partial charge in [-0.1, -0.05) is 86.1 Å². The number of carbonyl (C=O) groups is 1. The molecule has 7 heteroatoms. The molecule has 2 heterocycles. The third-order valence-corrected chi connectivity index (χ3v) is 7.21. The molecule has 0 aliphatic rings. The average molecular weight is 540 g/mol. The van der Waals surface area contributed by atoms with Crippen LogP contribution in [0.4, 0.5) is 5.82 Å². The topological polar surface area (TPSA) is 69.3 Å². The largest absolute Gasteiger partial charge is 0.486 e. The van der Waals surface area contributed by atoms with Gasteiger partial charge in [-0.25, -0.2) is 0 Å². The van der Waals surface area contributed by atoms with Crippen molar-refractivity contribution < 1.29 is 13.9 Å². The first-order valence-corrected chi connectivity index (χ1v) is 13.1. The van der Waals surface area contributed by atoms with Crippen molar-refractivity contribution in [3.05, 3.63) is 136 Å². The van der Waals surface area contributed by atoms with Gasteiger partial charge in [0.1, 0.15) is 18.1 Å². The summed E-state index contributed by atoms with van der Waals surface area (Å²) >= 11 is 6.28. The number of anilines is 1. The van der Waals surface area contributed by atoms with Crippen molar-refractivity contribution in [2.75, 3.05) is 5.32 Å². The third-order valence-electron chi connectivity index (χ3n) is 6.84. The van der Waals surface area contributed by atoms with Crippen LogP contribution in [0.1, 0.15) is 52.5 Å². The predicted octanol–water partition coefficient (Wildman–Crippen LogP) is 7.64. The van der Waals surface area contributed by atoms with Crippen LogP contribution in [0.25, 0.3) is 0 Å². The van der Waals surface area contributed by atoms with E-state index in [2.05, 4.69) is 60.7 Å². The summed E-state index contributed by atoms with van der Waals surface area (Å²) in [6, 6.07) is 31.3. The highest BCUT2D eigenvalue weighted by atomic mass is 35.5. The monoisotopic (exact) mass is 539 g/mol. The summed E-state index contributed by atoms with van der Waals surface area (Å²) in [6.07, 6.45) is 0. The van der Waals surface area contributed by atoms with E-state index in [4.69, 9.17) is 20.8 Å². The molecule has 0 fully saturated rings. The zero-order chi connectivity index (χ0) is 27.4. The maximum atomic E-state index is 12.8. The lowest BCUT2D eigenvalue weighted by atomic mass is 9.78. The number of carbonyl (C=O) groups excluding carboxylic acids is 1. The summed E-state index contributed by atoms with van der Waals surface area (Å²) in [5, 5.41) is 7.98. The van der Waals surface area contributed by atoms with Gasteiger partial charge < -0.3 is 14.5 Å². The van der Waals surface area contributed by atoms with Crippen LogP contribution >= 0.6 is 11.6 Å². The molecule has 0 saturated heterocycles. The van der Waals surface area contributed by atoms with Crippen molar-refractivity contribution >= 4 is 23.3 Å². The predicted molar refractivity (Wildman–Crippen MR) is 154 cm³/mol. The van der Waals surface area contributed by atoms with Crippen molar-refractivity contribution in [3.8, 4) is 5.75 Å².